The molecule has 3 aromatic rings. The molecule has 0 heterocycles. The monoisotopic (exact) mass is 330 g/mol. The highest BCUT2D eigenvalue weighted by Gasteiger charge is 2.10. The Balaban J connectivity index is 1.43. The average Bonchev–Trinajstić information content (AvgIpc) is 3.28. The summed E-state index contributed by atoms with van der Waals surface area (Å²) in [6.07, 6.45) is 13.3. The molecular weight excluding hydrogens is 312 g/mol. The van der Waals surface area contributed by atoms with Crippen molar-refractivity contribution in [2.45, 2.75) is 0 Å². The van der Waals surface area contributed by atoms with E-state index >= 15 is 0 Å². The van der Waals surface area contributed by atoms with Gasteiger partial charge in [0.05, 0.1) is 0 Å². The third-order valence-corrected chi connectivity index (χ3v) is 5.01. The van der Waals surface area contributed by atoms with E-state index in [4.69, 9.17) is 0 Å². The summed E-state index contributed by atoms with van der Waals surface area (Å²) in [5, 5.41) is 0. The maximum Gasteiger partial charge on any atom is -0.0111 e. The van der Waals surface area contributed by atoms with Crippen LogP contribution in [0.15, 0.2) is 84.9 Å². The SMILES string of the molecule is C1=Cc2ccccc2C1=Cc1ccc(C=C2C=Cc3ccccc32)cc1. The molecule has 122 valence electrons. The van der Waals surface area contributed by atoms with E-state index in [0.29, 0.717) is 0 Å². The predicted molar refractivity (Wildman–Crippen MR) is 113 cm³/mol. The Morgan fingerprint density at radius 2 is 0.846 bits per heavy atom. The van der Waals surface area contributed by atoms with Gasteiger partial charge in [0.1, 0.15) is 0 Å². The van der Waals surface area contributed by atoms with Crippen molar-refractivity contribution in [1.82, 2.24) is 0 Å². The standard InChI is InChI=1S/C26H18/c1-3-7-25-21(5-1)13-15-23(25)17-19-9-11-20(12-10-19)18-24-16-14-22-6-2-4-8-26(22)24/h1-18H. The maximum atomic E-state index is 2.25. The molecule has 0 N–H and O–H groups in total. The Labute approximate surface area is 154 Å². The zero-order valence-corrected chi connectivity index (χ0v) is 14.4. The summed E-state index contributed by atoms with van der Waals surface area (Å²) >= 11 is 0. The van der Waals surface area contributed by atoms with Gasteiger partial charge in [-0.1, -0.05) is 97.1 Å². The van der Waals surface area contributed by atoms with Crippen molar-refractivity contribution >= 4 is 35.5 Å². The lowest BCUT2D eigenvalue weighted by Gasteiger charge is -2.03. The number of allylic oxidation sites excluding steroid dienone is 4. The highest BCUT2D eigenvalue weighted by atomic mass is 14.1. The van der Waals surface area contributed by atoms with Crippen LogP contribution in [0.25, 0.3) is 35.5 Å². The molecule has 0 aromatic heterocycles. The molecule has 0 aliphatic heterocycles. The van der Waals surface area contributed by atoms with Gasteiger partial charge in [-0.2, -0.15) is 0 Å². The van der Waals surface area contributed by atoms with E-state index in [9.17, 15) is 0 Å². The summed E-state index contributed by atoms with van der Waals surface area (Å²) < 4.78 is 0. The van der Waals surface area contributed by atoms with Gasteiger partial charge in [-0.05, 0) is 56.7 Å². The number of hydrogen-bond acceptors (Lipinski definition) is 0. The molecule has 0 spiro atoms. The Morgan fingerprint density at radius 1 is 0.423 bits per heavy atom. The van der Waals surface area contributed by atoms with Crippen molar-refractivity contribution in [3.05, 3.63) is 118 Å². The predicted octanol–water partition coefficient (Wildman–Crippen LogP) is 6.82. The van der Waals surface area contributed by atoms with Crippen molar-refractivity contribution in [3.8, 4) is 0 Å². The molecule has 0 saturated heterocycles. The highest BCUT2D eigenvalue weighted by molar-refractivity contribution is 5.99. The van der Waals surface area contributed by atoms with Crippen LogP contribution in [0.5, 0.6) is 0 Å². The number of rotatable bonds is 2. The third-order valence-electron chi connectivity index (χ3n) is 5.01. The maximum absolute atomic E-state index is 2.25. The van der Waals surface area contributed by atoms with Crippen LogP contribution < -0.4 is 0 Å². The zero-order chi connectivity index (χ0) is 17.3. The van der Waals surface area contributed by atoms with Crippen LogP contribution in [0.3, 0.4) is 0 Å². The number of fused-ring (bicyclic) bond motifs is 2. The van der Waals surface area contributed by atoms with Gasteiger partial charge in [0.25, 0.3) is 0 Å². The lowest BCUT2D eigenvalue weighted by atomic mass is 10.0. The van der Waals surface area contributed by atoms with Gasteiger partial charge in [0.15, 0.2) is 0 Å². The van der Waals surface area contributed by atoms with Gasteiger partial charge >= 0.3 is 0 Å². The summed E-state index contributed by atoms with van der Waals surface area (Å²) in [4.78, 5) is 0. The average molecular weight is 330 g/mol. The second-order valence-corrected chi connectivity index (χ2v) is 6.71. The molecule has 0 fully saturated rings. The van der Waals surface area contributed by atoms with Crippen LogP contribution in [0, 0.1) is 0 Å². The fourth-order valence-electron chi connectivity index (χ4n) is 3.65. The minimum atomic E-state index is 1.23. The van der Waals surface area contributed by atoms with Crippen LogP contribution >= 0.6 is 0 Å². The zero-order valence-electron chi connectivity index (χ0n) is 14.4. The molecule has 0 atom stereocenters. The third kappa shape index (κ3) is 2.66. The van der Waals surface area contributed by atoms with E-state index < -0.39 is 0 Å². The summed E-state index contributed by atoms with van der Waals surface area (Å²) in [5.74, 6) is 0. The number of hydrogen-bond donors (Lipinski definition) is 0. The Hall–Kier alpha value is -3.38. The molecule has 0 saturated carbocycles. The van der Waals surface area contributed by atoms with Crippen molar-refractivity contribution in [2.75, 3.05) is 0 Å². The van der Waals surface area contributed by atoms with Gasteiger partial charge in [0.2, 0.25) is 0 Å². The number of benzene rings is 3. The topological polar surface area (TPSA) is 0 Å². The fourth-order valence-corrected chi connectivity index (χ4v) is 3.65. The van der Waals surface area contributed by atoms with Crippen molar-refractivity contribution in [3.63, 3.8) is 0 Å². The van der Waals surface area contributed by atoms with Crippen LogP contribution in [0.4, 0.5) is 0 Å². The molecular formula is C26H18. The van der Waals surface area contributed by atoms with E-state index in [1.54, 1.807) is 0 Å². The molecule has 0 amide bonds. The van der Waals surface area contributed by atoms with Crippen LogP contribution in [-0.4, -0.2) is 0 Å². The van der Waals surface area contributed by atoms with Crippen molar-refractivity contribution < 1.29 is 0 Å². The smallest absolute Gasteiger partial charge is 0.0111 e. The molecule has 0 heteroatoms. The second kappa shape index (κ2) is 6.16. The van der Waals surface area contributed by atoms with Crippen LogP contribution in [0.1, 0.15) is 33.4 Å². The molecule has 2 aliphatic carbocycles. The van der Waals surface area contributed by atoms with E-state index in [1.165, 1.54) is 44.5 Å². The molecule has 0 unspecified atom stereocenters. The normalized spacial score (nSPS) is 17.1. The van der Waals surface area contributed by atoms with Gasteiger partial charge in [-0.3, -0.25) is 0 Å². The van der Waals surface area contributed by atoms with Gasteiger partial charge in [-0.15, -0.1) is 0 Å². The van der Waals surface area contributed by atoms with Crippen LogP contribution in [0.2, 0.25) is 0 Å². The molecule has 2 aliphatic rings. The summed E-state index contributed by atoms with van der Waals surface area (Å²) in [5.41, 5.74) is 10.2. The minimum Gasteiger partial charge on any atom is -0.0616 e. The fraction of sp³-hybridized carbons (Fsp3) is 0. The van der Waals surface area contributed by atoms with E-state index in [-0.39, 0.29) is 0 Å². The van der Waals surface area contributed by atoms with Crippen LogP contribution in [-0.2, 0) is 0 Å². The molecule has 5 rings (SSSR count). The second-order valence-electron chi connectivity index (χ2n) is 6.71. The molecule has 26 heavy (non-hydrogen) atoms. The summed E-state index contributed by atoms with van der Waals surface area (Å²) in [6.45, 7) is 0. The molecule has 3 aromatic carbocycles. The quantitative estimate of drug-likeness (QED) is 0.483. The van der Waals surface area contributed by atoms with E-state index in [2.05, 4.69) is 109 Å². The summed E-state index contributed by atoms with van der Waals surface area (Å²) in [6, 6.07) is 25.8. The summed E-state index contributed by atoms with van der Waals surface area (Å²) in [7, 11) is 0. The highest BCUT2D eigenvalue weighted by Crippen LogP contribution is 2.32. The lowest BCUT2D eigenvalue weighted by molar-refractivity contribution is 1.59. The first-order chi connectivity index (χ1) is 12.9. The first-order valence-corrected chi connectivity index (χ1v) is 8.95. The molecule has 0 nitrogen and oxygen atoms in total. The van der Waals surface area contributed by atoms with Gasteiger partial charge in [0, 0.05) is 0 Å². The molecule has 0 radical (unpaired) electrons. The Kier molecular flexibility index (Phi) is 3.54. The minimum absolute atomic E-state index is 1.23. The Bertz CT molecular complexity index is 1010. The first kappa shape index (κ1) is 14.9. The van der Waals surface area contributed by atoms with Crippen molar-refractivity contribution in [2.24, 2.45) is 0 Å². The Morgan fingerprint density at radius 3 is 1.31 bits per heavy atom. The van der Waals surface area contributed by atoms with Crippen molar-refractivity contribution in [1.29, 1.82) is 0 Å². The lowest BCUT2D eigenvalue weighted by Crippen LogP contribution is -1.82. The largest absolute Gasteiger partial charge is 0.0616 e. The van der Waals surface area contributed by atoms with E-state index in [0.717, 1.165) is 0 Å². The van der Waals surface area contributed by atoms with E-state index in [1.807, 2.05) is 0 Å². The van der Waals surface area contributed by atoms with Gasteiger partial charge < -0.3 is 0 Å². The molecule has 0 bridgehead atoms. The first-order valence-electron chi connectivity index (χ1n) is 8.95. The van der Waals surface area contributed by atoms with Gasteiger partial charge in [-0.25, -0.2) is 0 Å².